The highest BCUT2D eigenvalue weighted by Gasteiger charge is 2.42. The van der Waals surface area contributed by atoms with Crippen LogP contribution in [0.2, 0.25) is 5.02 Å². The van der Waals surface area contributed by atoms with Crippen molar-refractivity contribution in [2.24, 2.45) is 0 Å². The van der Waals surface area contributed by atoms with Crippen molar-refractivity contribution < 1.29 is 24.3 Å². The molecule has 41 heavy (non-hydrogen) atoms. The molecule has 0 radical (unpaired) electrons. The second kappa shape index (κ2) is 14.6. The maximum Gasteiger partial charge on any atom is 0.303 e. The second-order valence-corrected chi connectivity index (χ2v) is 12.0. The standard InChI is InChI=1S/C30H32ClN3O5S2/c31-21-14-9-10-15-22(21)32-24(35)19-34-23-16-11-8-13-20(23)26(28(34)38)27-29(39)33(30(40)41-27)18-12-6-4-2-1-3-5-7-17-25(36)37/h8-11,13-16H,1-7,12,17-19H2,(H,32,35)(H,36,37)/b27-26-. The summed E-state index contributed by atoms with van der Waals surface area (Å²) < 4.78 is 0.427. The van der Waals surface area contributed by atoms with Crippen LogP contribution in [-0.4, -0.2) is 51.1 Å². The van der Waals surface area contributed by atoms with Crippen LogP contribution in [0.3, 0.4) is 0 Å². The second-order valence-electron chi connectivity index (χ2n) is 9.94. The van der Waals surface area contributed by atoms with Crippen LogP contribution in [0.15, 0.2) is 53.4 Å². The van der Waals surface area contributed by atoms with E-state index in [2.05, 4.69) is 5.32 Å². The van der Waals surface area contributed by atoms with Gasteiger partial charge in [0.05, 0.1) is 26.9 Å². The van der Waals surface area contributed by atoms with Crippen molar-refractivity contribution in [3.63, 3.8) is 0 Å². The van der Waals surface area contributed by atoms with E-state index in [1.807, 2.05) is 0 Å². The van der Waals surface area contributed by atoms with E-state index in [0.29, 0.717) is 37.7 Å². The summed E-state index contributed by atoms with van der Waals surface area (Å²) in [5.74, 6) is -1.84. The number of aliphatic carboxylic acids is 1. The zero-order valence-corrected chi connectivity index (χ0v) is 25.0. The minimum absolute atomic E-state index is 0.230. The summed E-state index contributed by atoms with van der Waals surface area (Å²) in [7, 11) is 0. The molecule has 2 aromatic carbocycles. The molecule has 0 saturated carbocycles. The molecule has 216 valence electrons. The summed E-state index contributed by atoms with van der Waals surface area (Å²) in [6.45, 7) is 0.254. The first-order valence-corrected chi connectivity index (χ1v) is 15.3. The van der Waals surface area contributed by atoms with E-state index in [1.54, 1.807) is 53.4 Å². The third-order valence-corrected chi connectivity index (χ3v) is 8.75. The zero-order valence-electron chi connectivity index (χ0n) is 22.6. The topological polar surface area (TPSA) is 107 Å². The number of thioether (sulfide) groups is 1. The number of amides is 3. The molecule has 11 heteroatoms. The van der Waals surface area contributed by atoms with Crippen molar-refractivity contribution in [3.8, 4) is 0 Å². The van der Waals surface area contributed by atoms with Crippen molar-refractivity contribution >= 4 is 80.5 Å². The first kappa shape index (κ1) is 30.7. The van der Waals surface area contributed by atoms with Gasteiger partial charge in [0.1, 0.15) is 10.9 Å². The molecule has 0 bridgehead atoms. The average Bonchev–Trinajstić information content (AvgIpc) is 3.37. The summed E-state index contributed by atoms with van der Waals surface area (Å²) in [6.07, 6.45) is 7.84. The van der Waals surface area contributed by atoms with Gasteiger partial charge in [-0.1, -0.05) is 104 Å². The van der Waals surface area contributed by atoms with Gasteiger partial charge in [-0.25, -0.2) is 0 Å². The van der Waals surface area contributed by atoms with Crippen LogP contribution in [-0.2, 0) is 19.2 Å². The predicted octanol–water partition coefficient (Wildman–Crippen LogP) is 6.49. The fourth-order valence-electron chi connectivity index (χ4n) is 4.90. The number of fused-ring (bicyclic) bond motifs is 1. The van der Waals surface area contributed by atoms with Gasteiger partial charge in [0.25, 0.3) is 11.8 Å². The van der Waals surface area contributed by atoms with Crippen LogP contribution in [0.4, 0.5) is 11.4 Å². The van der Waals surface area contributed by atoms with Crippen LogP contribution < -0.4 is 10.2 Å². The van der Waals surface area contributed by atoms with Gasteiger partial charge >= 0.3 is 5.97 Å². The SMILES string of the molecule is O=C(O)CCCCCCCCCCN1C(=O)/C(=C2/C(=O)N(CC(=O)Nc3ccccc3Cl)c3ccccc32)SC1=S. The number of hydrogen-bond donors (Lipinski definition) is 2. The summed E-state index contributed by atoms with van der Waals surface area (Å²) in [6, 6.07) is 14.0. The van der Waals surface area contributed by atoms with E-state index in [9.17, 15) is 19.2 Å². The fourth-order valence-corrected chi connectivity index (χ4v) is 6.46. The lowest BCUT2D eigenvalue weighted by Gasteiger charge is -2.17. The molecule has 2 N–H and O–H groups in total. The van der Waals surface area contributed by atoms with E-state index >= 15 is 0 Å². The molecule has 0 aliphatic carbocycles. The maximum absolute atomic E-state index is 13.6. The Balaban J connectivity index is 1.35. The van der Waals surface area contributed by atoms with Gasteiger partial charge in [-0.05, 0) is 31.0 Å². The number of benzene rings is 2. The smallest absolute Gasteiger partial charge is 0.303 e. The number of carbonyl (C=O) groups excluding carboxylic acids is 3. The predicted molar refractivity (Wildman–Crippen MR) is 167 cm³/mol. The lowest BCUT2D eigenvalue weighted by Crippen LogP contribution is -2.35. The molecule has 0 unspecified atom stereocenters. The molecule has 2 aliphatic rings. The van der Waals surface area contributed by atoms with Crippen molar-refractivity contribution in [1.29, 1.82) is 0 Å². The number of thiocarbonyl (C=S) groups is 1. The largest absolute Gasteiger partial charge is 0.481 e. The molecule has 3 amide bonds. The number of hydrogen-bond acceptors (Lipinski definition) is 6. The molecule has 0 spiro atoms. The lowest BCUT2D eigenvalue weighted by atomic mass is 10.1. The van der Waals surface area contributed by atoms with E-state index in [4.69, 9.17) is 28.9 Å². The summed E-state index contributed by atoms with van der Waals surface area (Å²) in [5, 5.41) is 11.8. The van der Waals surface area contributed by atoms with Gasteiger partial charge < -0.3 is 10.4 Å². The summed E-state index contributed by atoms with van der Waals surface area (Å²) in [5.41, 5.74) is 1.90. The van der Waals surface area contributed by atoms with Crippen LogP contribution in [0.5, 0.6) is 0 Å². The molecule has 0 atom stereocenters. The molecular formula is C30H32ClN3O5S2. The number of halogens is 1. The molecule has 2 aromatic rings. The highest BCUT2D eigenvalue weighted by Crippen LogP contribution is 2.44. The van der Waals surface area contributed by atoms with Gasteiger partial charge in [-0.3, -0.25) is 29.0 Å². The Kier molecular flexibility index (Phi) is 11.0. The Morgan fingerprint density at radius 1 is 0.854 bits per heavy atom. The highest BCUT2D eigenvalue weighted by atomic mass is 35.5. The van der Waals surface area contributed by atoms with Crippen LogP contribution in [0.25, 0.3) is 5.57 Å². The summed E-state index contributed by atoms with van der Waals surface area (Å²) >= 11 is 12.8. The maximum atomic E-state index is 13.6. The van der Waals surface area contributed by atoms with Gasteiger partial charge in [0.15, 0.2) is 0 Å². The normalized spacial score (nSPS) is 16.5. The molecule has 1 saturated heterocycles. The molecule has 0 aromatic heterocycles. The lowest BCUT2D eigenvalue weighted by molar-refractivity contribution is -0.137. The van der Waals surface area contributed by atoms with E-state index in [0.717, 1.165) is 63.1 Å². The van der Waals surface area contributed by atoms with Gasteiger partial charge in [-0.15, -0.1) is 0 Å². The quantitative estimate of drug-likeness (QED) is 0.142. The van der Waals surface area contributed by atoms with Gasteiger partial charge in [-0.2, -0.15) is 0 Å². The van der Waals surface area contributed by atoms with Crippen molar-refractivity contribution in [3.05, 3.63) is 64.0 Å². The molecule has 2 aliphatic heterocycles. The number of anilines is 2. The Morgan fingerprint density at radius 2 is 1.49 bits per heavy atom. The number of nitrogens with zero attached hydrogens (tertiary/aromatic N) is 2. The highest BCUT2D eigenvalue weighted by molar-refractivity contribution is 8.26. The molecule has 8 nitrogen and oxygen atoms in total. The van der Waals surface area contributed by atoms with E-state index < -0.39 is 17.8 Å². The van der Waals surface area contributed by atoms with Gasteiger partial charge in [0, 0.05) is 18.5 Å². The first-order chi connectivity index (χ1) is 19.8. The molecule has 4 rings (SSSR count). The van der Waals surface area contributed by atoms with Crippen molar-refractivity contribution in [2.45, 2.75) is 57.8 Å². The number of carboxylic acid groups (broad SMARTS) is 1. The molecule has 2 heterocycles. The Labute approximate surface area is 254 Å². The number of rotatable bonds is 14. The molecule has 1 fully saturated rings. The number of unbranched alkanes of at least 4 members (excludes halogenated alkanes) is 7. The minimum atomic E-state index is -0.743. The Morgan fingerprint density at radius 3 is 2.20 bits per heavy atom. The van der Waals surface area contributed by atoms with Crippen LogP contribution in [0.1, 0.15) is 63.4 Å². The van der Waals surface area contributed by atoms with Crippen LogP contribution in [0, 0.1) is 0 Å². The number of carbonyl (C=O) groups is 4. The average molecular weight is 614 g/mol. The number of carboxylic acids is 1. The fraction of sp³-hybridized carbons (Fsp3) is 0.367. The number of nitrogens with one attached hydrogen (secondary N) is 1. The Hall–Kier alpha value is -3.21. The van der Waals surface area contributed by atoms with Crippen LogP contribution >= 0.6 is 35.6 Å². The third kappa shape index (κ3) is 7.75. The Bertz CT molecular complexity index is 1380. The third-order valence-electron chi connectivity index (χ3n) is 6.97. The first-order valence-electron chi connectivity index (χ1n) is 13.7. The summed E-state index contributed by atoms with van der Waals surface area (Å²) in [4.78, 5) is 53.7. The van der Waals surface area contributed by atoms with Crippen molar-refractivity contribution in [1.82, 2.24) is 4.90 Å². The van der Waals surface area contributed by atoms with E-state index in [1.165, 1.54) is 4.90 Å². The van der Waals surface area contributed by atoms with E-state index in [-0.39, 0.29) is 24.4 Å². The molecular weight excluding hydrogens is 582 g/mol. The van der Waals surface area contributed by atoms with Gasteiger partial charge in [0.2, 0.25) is 5.91 Å². The monoisotopic (exact) mass is 613 g/mol. The zero-order chi connectivity index (χ0) is 29.4. The minimum Gasteiger partial charge on any atom is -0.481 e. The van der Waals surface area contributed by atoms with Crippen molar-refractivity contribution in [2.75, 3.05) is 23.3 Å². The number of para-hydroxylation sites is 2.